The number of fused-ring (bicyclic) bond motifs is 1. The third-order valence-electron chi connectivity index (χ3n) is 3.54. The molecule has 2 rings (SSSR count). The predicted octanol–water partition coefficient (Wildman–Crippen LogP) is -4.41. The Morgan fingerprint density at radius 1 is 1.38 bits per heavy atom. The van der Waals surface area contributed by atoms with Crippen LogP contribution in [-0.2, 0) is 19.4 Å². The van der Waals surface area contributed by atoms with Crippen molar-refractivity contribution in [1.29, 1.82) is 0 Å². The summed E-state index contributed by atoms with van der Waals surface area (Å²) < 4.78 is 25.0. The Kier molecular flexibility index (Phi) is 5.23. The molecule has 2 unspecified atom stereocenters. The Bertz CT molecular complexity index is 631. The first-order valence-corrected chi connectivity index (χ1v) is 7.68. The third-order valence-corrected chi connectivity index (χ3v) is 6.05. The summed E-state index contributed by atoms with van der Waals surface area (Å²) in [4.78, 5) is 23.6. The zero-order valence-corrected chi connectivity index (χ0v) is 16.5. The average Bonchev–Trinajstić information content (AvgIpc) is 2.42. The number of carbonyl (C=O) groups excluding carboxylic acids is 2. The van der Waals surface area contributed by atoms with E-state index in [9.17, 15) is 28.2 Å². The first-order chi connectivity index (χ1) is 8.92. The van der Waals surface area contributed by atoms with Gasteiger partial charge in [-0.25, -0.2) is 8.42 Å². The van der Waals surface area contributed by atoms with Crippen LogP contribution < -0.4 is 56.5 Å². The number of hydrogen-bond donors (Lipinski definition) is 1. The van der Waals surface area contributed by atoms with Crippen LogP contribution in [0.1, 0.15) is 27.7 Å². The normalized spacial score (nSPS) is 28.6. The number of aliphatic carboxylic acids is 1. The van der Waals surface area contributed by atoms with Crippen molar-refractivity contribution in [2.24, 2.45) is 11.3 Å². The van der Waals surface area contributed by atoms with Crippen molar-refractivity contribution in [3.8, 4) is 0 Å². The van der Waals surface area contributed by atoms with Gasteiger partial charge in [0.05, 0.1) is 28.6 Å². The van der Waals surface area contributed by atoms with Crippen molar-refractivity contribution in [3.05, 3.63) is 10.6 Å². The summed E-state index contributed by atoms with van der Waals surface area (Å²) in [6, 6.07) is 0. The fraction of sp³-hybridized carbons (Fsp3) is 0.667. The minimum absolute atomic E-state index is 0. The van der Waals surface area contributed by atoms with Crippen molar-refractivity contribution < 1.29 is 79.6 Å². The maximum Gasteiger partial charge on any atom is 1.00 e. The van der Waals surface area contributed by atoms with Crippen LogP contribution >= 0.6 is 0 Å². The van der Waals surface area contributed by atoms with Gasteiger partial charge >= 0.3 is 51.4 Å². The van der Waals surface area contributed by atoms with E-state index < -0.39 is 50.2 Å². The first-order valence-electron chi connectivity index (χ1n) is 6.13. The van der Waals surface area contributed by atoms with Crippen LogP contribution in [0.4, 0.5) is 0 Å². The Labute approximate surface area is 165 Å². The summed E-state index contributed by atoms with van der Waals surface area (Å²) in [5.74, 6) is -3.53. The quantitative estimate of drug-likeness (QED) is 0.401. The topological polar surface area (TPSA) is 115 Å². The van der Waals surface area contributed by atoms with Gasteiger partial charge in [-0.05, 0) is 6.92 Å². The summed E-state index contributed by atoms with van der Waals surface area (Å²) >= 11 is 0. The standard InChI is InChI=1S/C12H17NO6S.K/c1-5(14)6-9(15)13-7(11(16)17)8(12(2,3)4)20(18,19)10(6)13;/h5-6,10,14H,1-4H3,(H,16,17);/q;+1/p-1/t5?,6-,10?;/m0./s1. The van der Waals surface area contributed by atoms with E-state index in [2.05, 4.69) is 0 Å². The maximum absolute atomic E-state index is 12.5. The summed E-state index contributed by atoms with van der Waals surface area (Å²) in [5.41, 5.74) is -1.57. The number of carboxylic acid groups (broad SMARTS) is 1. The van der Waals surface area contributed by atoms with Gasteiger partial charge in [-0.15, -0.1) is 0 Å². The minimum Gasteiger partial charge on any atom is -0.543 e. The van der Waals surface area contributed by atoms with E-state index in [1.165, 1.54) is 6.92 Å². The van der Waals surface area contributed by atoms with Crippen LogP contribution in [0, 0.1) is 11.3 Å². The van der Waals surface area contributed by atoms with Crippen LogP contribution in [0.2, 0.25) is 0 Å². The number of carboxylic acids is 1. The van der Waals surface area contributed by atoms with Gasteiger partial charge in [-0.1, -0.05) is 20.8 Å². The second kappa shape index (κ2) is 5.70. The number of hydrogen-bond acceptors (Lipinski definition) is 6. The molecule has 0 aromatic carbocycles. The molecule has 3 atom stereocenters. The largest absolute Gasteiger partial charge is 1.00 e. The van der Waals surface area contributed by atoms with E-state index in [-0.39, 0.29) is 56.3 Å². The van der Waals surface area contributed by atoms with Gasteiger partial charge in [0.1, 0.15) is 0 Å². The van der Waals surface area contributed by atoms with Crippen LogP contribution in [-0.4, -0.2) is 41.8 Å². The monoisotopic (exact) mass is 341 g/mol. The molecule has 2 aliphatic rings. The number of β-lactam (4-membered cyclic amide) rings is 1. The molecule has 0 aromatic rings. The molecule has 0 aromatic heterocycles. The van der Waals surface area contributed by atoms with E-state index in [0.717, 1.165) is 4.90 Å². The van der Waals surface area contributed by atoms with Gasteiger partial charge in [0.25, 0.3) is 0 Å². The molecule has 1 N–H and O–H groups in total. The summed E-state index contributed by atoms with van der Waals surface area (Å²) in [6.07, 6.45) is -1.17. The average molecular weight is 341 g/mol. The van der Waals surface area contributed by atoms with E-state index in [4.69, 9.17) is 0 Å². The molecule has 112 valence electrons. The van der Waals surface area contributed by atoms with E-state index in [1.54, 1.807) is 20.8 Å². The van der Waals surface area contributed by atoms with E-state index in [0.29, 0.717) is 0 Å². The summed E-state index contributed by atoms with van der Waals surface area (Å²) in [6.45, 7) is 5.97. The Morgan fingerprint density at radius 2 is 1.86 bits per heavy atom. The molecule has 0 radical (unpaired) electrons. The number of sulfone groups is 1. The fourth-order valence-corrected chi connectivity index (χ4v) is 5.60. The van der Waals surface area contributed by atoms with E-state index >= 15 is 0 Å². The molecule has 1 fully saturated rings. The molecular formula is C12H16KNO6S. The molecule has 7 nitrogen and oxygen atoms in total. The van der Waals surface area contributed by atoms with Crippen LogP contribution in [0.5, 0.6) is 0 Å². The second-order valence-electron chi connectivity index (χ2n) is 6.13. The Morgan fingerprint density at radius 3 is 2.19 bits per heavy atom. The molecular weight excluding hydrogens is 325 g/mol. The molecule has 0 aliphatic carbocycles. The van der Waals surface area contributed by atoms with Crippen LogP contribution in [0.3, 0.4) is 0 Å². The second-order valence-corrected chi connectivity index (χ2v) is 8.11. The Balaban J connectivity index is 0.00000220. The van der Waals surface area contributed by atoms with Gasteiger partial charge in [0.2, 0.25) is 5.91 Å². The molecule has 21 heavy (non-hydrogen) atoms. The molecule has 0 bridgehead atoms. The summed E-state index contributed by atoms with van der Waals surface area (Å²) in [7, 11) is -4.00. The van der Waals surface area contributed by atoms with Crippen molar-refractivity contribution in [2.45, 2.75) is 39.2 Å². The number of carbonyl (C=O) groups is 2. The zero-order valence-electron chi connectivity index (χ0n) is 12.6. The third kappa shape index (κ3) is 2.66. The molecule has 9 heteroatoms. The number of amides is 1. The SMILES string of the molecule is CC(O)[C@H]1C(=O)N2C(C(=O)[O-])=C(C(C)(C)C)S(=O)(=O)C12.[K+]. The molecule has 2 heterocycles. The minimum atomic E-state index is -4.00. The molecule has 1 saturated heterocycles. The van der Waals surface area contributed by atoms with Gasteiger partial charge in [0, 0.05) is 5.41 Å². The van der Waals surface area contributed by atoms with Gasteiger partial charge in [-0.3, -0.25) is 9.69 Å². The number of nitrogens with zero attached hydrogens (tertiary/aromatic N) is 1. The van der Waals surface area contributed by atoms with Crippen molar-refractivity contribution >= 4 is 21.7 Å². The number of aliphatic hydroxyl groups excluding tert-OH is 1. The number of aliphatic hydroxyl groups is 1. The maximum atomic E-state index is 12.5. The van der Waals surface area contributed by atoms with Crippen molar-refractivity contribution in [2.75, 3.05) is 0 Å². The fourth-order valence-electron chi connectivity index (χ4n) is 2.84. The molecule has 2 aliphatic heterocycles. The smallest absolute Gasteiger partial charge is 0.543 e. The van der Waals surface area contributed by atoms with Crippen molar-refractivity contribution in [3.63, 3.8) is 0 Å². The van der Waals surface area contributed by atoms with Crippen LogP contribution in [0.15, 0.2) is 10.6 Å². The molecule has 1 amide bonds. The van der Waals surface area contributed by atoms with E-state index in [1.807, 2.05) is 0 Å². The summed E-state index contributed by atoms with van der Waals surface area (Å²) in [5, 5.41) is 19.5. The van der Waals surface area contributed by atoms with Gasteiger partial charge in [-0.2, -0.15) is 0 Å². The van der Waals surface area contributed by atoms with Gasteiger partial charge < -0.3 is 15.0 Å². The van der Waals surface area contributed by atoms with Crippen LogP contribution in [0.25, 0.3) is 0 Å². The van der Waals surface area contributed by atoms with Crippen molar-refractivity contribution in [1.82, 2.24) is 4.90 Å². The Hall–Kier alpha value is 0.226. The molecule has 0 saturated carbocycles. The number of rotatable bonds is 2. The number of allylic oxidation sites excluding steroid dienone is 1. The molecule has 0 spiro atoms. The first kappa shape index (κ1) is 19.3. The van der Waals surface area contributed by atoms with Gasteiger partial charge in [0.15, 0.2) is 15.2 Å². The predicted molar refractivity (Wildman–Crippen MR) is 66.2 cm³/mol. The zero-order chi connectivity index (χ0) is 15.6.